The molecule has 0 unspecified atom stereocenters. The van der Waals surface area contributed by atoms with E-state index in [0.29, 0.717) is 11.5 Å². The fraction of sp³-hybridized carbons (Fsp3) is 0.167. The first-order valence-corrected chi connectivity index (χ1v) is 5.09. The molecular weight excluding hydrogens is 220 g/mol. The maximum absolute atomic E-state index is 10.6. The zero-order valence-electron chi connectivity index (χ0n) is 9.29. The lowest BCUT2D eigenvalue weighted by Gasteiger charge is -2.01. The molecule has 0 fully saturated rings. The Kier molecular flexibility index (Phi) is 2.82. The molecular formula is C12H12N2O3. The number of benzene rings is 1. The highest BCUT2D eigenvalue weighted by Gasteiger charge is 2.10. The van der Waals surface area contributed by atoms with Crippen molar-refractivity contribution in [2.45, 2.75) is 6.42 Å². The number of aliphatic carboxylic acids is 1. The summed E-state index contributed by atoms with van der Waals surface area (Å²) in [4.78, 5) is 14.8. The number of nitrogens with zero attached hydrogens (tertiary/aromatic N) is 2. The second-order valence-electron chi connectivity index (χ2n) is 3.79. The summed E-state index contributed by atoms with van der Waals surface area (Å²) in [6, 6.07) is 6.69. The summed E-state index contributed by atoms with van der Waals surface area (Å²) in [7, 11) is 1.79. The molecule has 0 saturated carbocycles. The third-order valence-electron chi connectivity index (χ3n) is 2.36. The molecule has 0 aliphatic carbocycles. The number of carboxylic acids is 1. The molecule has 88 valence electrons. The number of phenols is 1. The van der Waals surface area contributed by atoms with Crippen LogP contribution in [0.15, 0.2) is 30.5 Å². The van der Waals surface area contributed by atoms with E-state index in [2.05, 4.69) is 4.98 Å². The van der Waals surface area contributed by atoms with E-state index >= 15 is 0 Å². The van der Waals surface area contributed by atoms with Gasteiger partial charge in [0, 0.05) is 18.8 Å². The molecule has 2 rings (SSSR count). The average Bonchev–Trinajstić information content (AvgIpc) is 2.58. The fourth-order valence-electron chi connectivity index (χ4n) is 1.68. The monoisotopic (exact) mass is 232 g/mol. The molecule has 0 radical (unpaired) electrons. The Hall–Kier alpha value is -2.30. The molecule has 1 aromatic carbocycles. The predicted octanol–water partition coefficient (Wildman–Crippen LogP) is 1.42. The summed E-state index contributed by atoms with van der Waals surface area (Å²) in [6.45, 7) is 0. The van der Waals surface area contributed by atoms with Crippen molar-refractivity contribution in [1.29, 1.82) is 0 Å². The highest BCUT2D eigenvalue weighted by molar-refractivity contribution is 5.70. The SMILES string of the molecule is Cn1cc(CC(=O)O)nc1-c1cccc(O)c1. The van der Waals surface area contributed by atoms with E-state index in [1.54, 1.807) is 36.0 Å². The summed E-state index contributed by atoms with van der Waals surface area (Å²) >= 11 is 0. The van der Waals surface area contributed by atoms with Crippen LogP contribution in [0.3, 0.4) is 0 Å². The van der Waals surface area contributed by atoms with Gasteiger partial charge in [-0.1, -0.05) is 12.1 Å². The molecule has 0 atom stereocenters. The Balaban J connectivity index is 2.39. The zero-order valence-corrected chi connectivity index (χ0v) is 9.29. The van der Waals surface area contributed by atoms with Gasteiger partial charge in [0.1, 0.15) is 11.6 Å². The lowest BCUT2D eigenvalue weighted by atomic mass is 10.2. The standard InChI is InChI=1S/C12H12N2O3/c1-14-7-9(6-11(16)17)13-12(14)8-3-2-4-10(15)5-8/h2-5,7,15H,6H2,1H3,(H,16,17). The van der Waals surface area contributed by atoms with Gasteiger partial charge in [-0.05, 0) is 12.1 Å². The molecule has 0 aliphatic heterocycles. The first-order valence-electron chi connectivity index (χ1n) is 5.09. The smallest absolute Gasteiger partial charge is 0.309 e. The van der Waals surface area contributed by atoms with Crippen molar-refractivity contribution in [3.8, 4) is 17.1 Å². The number of aryl methyl sites for hydroxylation is 1. The number of aromatic hydroxyl groups is 1. The van der Waals surface area contributed by atoms with E-state index in [1.165, 1.54) is 0 Å². The van der Waals surface area contributed by atoms with Gasteiger partial charge in [0.05, 0.1) is 12.1 Å². The van der Waals surface area contributed by atoms with Gasteiger partial charge in [-0.2, -0.15) is 0 Å². The number of carboxylic acid groups (broad SMARTS) is 1. The second-order valence-corrected chi connectivity index (χ2v) is 3.79. The number of phenolic OH excluding ortho intramolecular Hbond substituents is 1. The van der Waals surface area contributed by atoms with Crippen LogP contribution < -0.4 is 0 Å². The summed E-state index contributed by atoms with van der Waals surface area (Å²) in [5.74, 6) is -0.118. The van der Waals surface area contributed by atoms with E-state index in [-0.39, 0.29) is 12.2 Å². The van der Waals surface area contributed by atoms with Crippen molar-refractivity contribution in [2.75, 3.05) is 0 Å². The molecule has 17 heavy (non-hydrogen) atoms. The largest absolute Gasteiger partial charge is 0.508 e. The fourth-order valence-corrected chi connectivity index (χ4v) is 1.68. The molecule has 2 N–H and O–H groups in total. The maximum Gasteiger partial charge on any atom is 0.309 e. The van der Waals surface area contributed by atoms with Crippen molar-refractivity contribution in [3.05, 3.63) is 36.2 Å². The number of imidazole rings is 1. The van der Waals surface area contributed by atoms with Gasteiger partial charge in [-0.25, -0.2) is 4.98 Å². The van der Waals surface area contributed by atoms with Crippen molar-refractivity contribution in [3.63, 3.8) is 0 Å². The number of rotatable bonds is 3. The molecule has 5 heteroatoms. The van der Waals surface area contributed by atoms with Crippen LogP contribution in [0.4, 0.5) is 0 Å². The maximum atomic E-state index is 10.6. The Bertz CT molecular complexity index is 561. The molecule has 0 amide bonds. The highest BCUT2D eigenvalue weighted by Crippen LogP contribution is 2.22. The van der Waals surface area contributed by atoms with Crippen LogP contribution in [0.25, 0.3) is 11.4 Å². The first kappa shape index (κ1) is 11.2. The van der Waals surface area contributed by atoms with E-state index < -0.39 is 5.97 Å². The lowest BCUT2D eigenvalue weighted by Crippen LogP contribution is -1.99. The summed E-state index contributed by atoms with van der Waals surface area (Å²) in [5, 5.41) is 18.1. The molecule has 0 aliphatic rings. The quantitative estimate of drug-likeness (QED) is 0.839. The minimum atomic E-state index is -0.912. The van der Waals surface area contributed by atoms with E-state index in [4.69, 9.17) is 5.11 Å². The molecule has 0 saturated heterocycles. The van der Waals surface area contributed by atoms with Gasteiger partial charge in [0.2, 0.25) is 0 Å². The second kappa shape index (κ2) is 4.29. The van der Waals surface area contributed by atoms with Crippen LogP contribution >= 0.6 is 0 Å². The summed E-state index contributed by atoms with van der Waals surface area (Å²) in [5.41, 5.74) is 1.25. The molecule has 0 bridgehead atoms. The number of aromatic nitrogens is 2. The normalized spacial score (nSPS) is 10.4. The number of hydrogen-bond acceptors (Lipinski definition) is 3. The van der Waals surface area contributed by atoms with Crippen LogP contribution in [-0.4, -0.2) is 25.7 Å². The van der Waals surface area contributed by atoms with Gasteiger partial charge in [0.15, 0.2) is 0 Å². The molecule has 2 aromatic rings. The predicted molar refractivity (Wildman–Crippen MR) is 61.6 cm³/mol. The van der Waals surface area contributed by atoms with Crippen molar-refractivity contribution in [1.82, 2.24) is 9.55 Å². The van der Waals surface area contributed by atoms with Gasteiger partial charge in [-0.15, -0.1) is 0 Å². The Labute approximate surface area is 98.0 Å². The van der Waals surface area contributed by atoms with Crippen molar-refractivity contribution >= 4 is 5.97 Å². The Morgan fingerprint density at radius 3 is 2.88 bits per heavy atom. The van der Waals surface area contributed by atoms with Gasteiger partial charge in [-0.3, -0.25) is 4.79 Å². The zero-order chi connectivity index (χ0) is 12.4. The lowest BCUT2D eigenvalue weighted by molar-refractivity contribution is -0.136. The molecule has 0 spiro atoms. The Morgan fingerprint density at radius 1 is 1.47 bits per heavy atom. The van der Waals surface area contributed by atoms with E-state index in [9.17, 15) is 9.90 Å². The van der Waals surface area contributed by atoms with Crippen LogP contribution in [0, 0.1) is 0 Å². The van der Waals surface area contributed by atoms with Gasteiger partial charge < -0.3 is 14.8 Å². The number of carbonyl (C=O) groups is 1. The van der Waals surface area contributed by atoms with Crippen LogP contribution in [-0.2, 0) is 18.3 Å². The van der Waals surface area contributed by atoms with E-state index in [0.717, 1.165) is 5.56 Å². The summed E-state index contributed by atoms with van der Waals surface area (Å²) in [6.07, 6.45) is 1.57. The minimum Gasteiger partial charge on any atom is -0.508 e. The van der Waals surface area contributed by atoms with Crippen LogP contribution in [0.1, 0.15) is 5.69 Å². The molecule has 5 nitrogen and oxygen atoms in total. The average molecular weight is 232 g/mol. The van der Waals surface area contributed by atoms with Gasteiger partial charge >= 0.3 is 5.97 Å². The number of hydrogen-bond donors (Lipinski definition) is 2. The first-order chi connectivity index (χ1) is 8.06. The van der Waals surface area contributed by atoms with E-state index in [1.807, 2.05) is 6.07 Å². The third-order valence-corrected chi connectivity index (χ3v) is 2.36. The van der Waals surface area contributed by atoms with Crippen LogP contribution in [0.5, 0.6) is 5.75 Å². The van der Waals surface area contributed by atoms with Crippen LogP contribution in [0.2, 0.25) is 0 Å². The molecule has 1 aromatic heterocycles. The highest BCUT2D eigenvalue weighted by atomic mass is 16.4. The van der Waals surface area contributed by atoms with Gasteiger partial charge in [0.25, 0.3) is 0 Å². The third kappa shape index (κ3) is 2.44. The summed E-state index contributed by atoms with van der Waals surface area (Å²) < 4.78 is 1.74. The van der Waals surface area contributed by atoms with Crippen molar-refractivity contribution in [2.24, 2.45) is 7.05 Å². The van der Waals surface area contributed by atoms with Crippen molar-refractivity contribution < 1.29 is 15.0 Å². The molecule has 1 heterocycles. The minimum absolute atomic E-state index is 0.105. The Morgan fingerprint density at radius 2 is 2.24 bits per heavy atom. The topological polar surface area (TPSA) is 75.4 Å².